The molecule has 0 saturated carbocycles. The van der Waals surface area contributed by atoms with E-state index in [1.807, 2.05) is 6.07 Å². The maximum atomic E-state index is 13.0. The lowest BCUT2D eigenvalue weighted by molar-refractivity contribution is 0.627. The van der Waals surface area contributed by atoms with Crippen LogP contribution in [0.25, 0.3) is 0 Å². The van der Waals surface area contributed by atoms with Gasteiger partial charge in [-0.25, -0.2) is 14.4 Å². The third-order valence-electron chi connectivity index (χ3n) is 2.29. The summed E-state index contributed by atoms with van der Waals surface area (Å²) in [5.41, 5.74) is 0.722. The molecule has 0 spiro atoms. The molecule has 0 aliphatic rings. The monoisotopic (exact) mass is 243 g/mol. The van der Waals surface area contributed by atoms with E-state index in [0.29, 0.717) is 17.3 Å². The summed E-state index contributed by atoms with van der Waals surface area (Å²) in [5, 5.41) is 14.7. The molecule has 0 aliphatic heterocycles. The molecule has 90 valence electrons. The van der Waals surface area contributed by atoms with E-state index in [0.717, 1.165) is 0 Å². The molecule has 6 heteroatoms. The van der Waals surface area contributed by atoms with Crippen molar-refractivity contribution >= 4 is 17.3 Å². The Hall–Kier alpha value is -2.68. The molecular formula is C12H10FN5. The highest BCUT2D eigenvalue weighted by atomic mass is 19.1. The van der Waals surface area contributed by atoms with Crippen LogP contribution in [0.5, 0.6) is 0 Å². The van der Waals surface area contributed by atoms with Crippen LogP contribution in [0.4, 0.5) is 21.7 Å². The molecule has 1 aromatic heterocycles. The van der Waals surface area contributed by atoms with Gasteiger partial charge in [0.1, 0.15) is 29.8 Å². The van der Waals surface area contributed by atoms with Gasteiger partial charge in [-0.05, 0) is 18.2 Å². The van der Waals surface area contributed by atoms with Crippen molar-refractivity contribution in [1.29, 1.82) is 5.26 Å². The minimum Gasteiger partial charge on any atom is -0.373 e. The molecule has 5 nitrogen and oxygen atoms in total. The van der Waals surface area contributed by atoms with Crippen molar-refractivity contribution in [1.82, 2.24) is 9.97 Å². The van der Waals surface area contributed by atoms with Crippen LogP contribution in [0.1, 0.15) is 5.56 Å². The van der Waals surface area contributed by atoms with Gasteiger partial charge in [-0.15, -0.1) is 0 Å². The Kier molecular flexibility index (Phi) is 3.34. The lowest BCUT2D eigenvalue weighted by Crippen LogP contribution is -1.99. The van der Waals surface area contributed by atoms with Crippen molar-refractivity contribution in [3.8, 4) is 6.07 Å². The van der Waals surface area contributed by atoms with Crippen molar-refractivity contribution in [3.05, 3.63) is 42.0 Å². The van der Waals surface area contributed by atoms with Gasteiger partial charge in [0.25, 0.3) is 0 Å². The molecule has 0 fully saturated rings. The van der Waals surface area contributed by atoms with Crippen LogP contribution < -0.4 is 10.6 Å². The zero-order valence-electron chi connectivity index (χ0n) is 9.61. The molecule has 1 aromatic carbocycles. The highest BCUT2D eigenvalue weighted by Gasteiger charge is 2.05. The van der Waals surface area contributed by atoms with Gasteiger partial charge in [0.15, 0.2) is 0 Å². The SMILES string of the molecule is CNc1cc(Nc2ccc(F)cc2C#N)ncn1. The smallest absolute Gasteiger partial charge is 0.135 e. The number of rotatable bonds is 3. The van der Waals surface area contributed by atoms with Crippen molar-refractivity contribution in [2.45, 2.75) is 0 Å². The van der Waals surface area contributed by atoms with Crippen LogP contribution >= 0.6 is 0 Å². The van der Waals surface area contributed by atoms with Crippen LogP contribution in [-0.2, 0) is 0 Å². The molecule has 18 heavy (non-hydrogen) atoms. The standard InChI is InChI=1S/C12H10FN5/c1-15-11-5-12(17-7-16-11)18-10-3-2-9(13)4-8(10)6-14/h2-5,7H,1H3,(H2,15,16,17,18). The normalized spacial score (nSPS) is 9.61. The van der Waals surface area contributed by atoms with Gasteiger partial charge in [-0.3, -0.25) is 0 Å². The first kappa shape index (κ1) is 11.8. The molecule has 0 atom stereocenters. The lowest BCUT2D eigenvalue weighted by Gasteiger charge is -2.08. The maximum absolute atomic E-state index is 13.0. The maximum Gasteiger partial charge on any atom is 0.135 e. The van der Waals surface area contributed by atoms with Crippen LogP contribution in [0, 0.1) is 17.1 Å². The molecule has 0 bridgehead atoms. The van der Waals surface area contributed by atoms with Crippen molar-refractivity contribution in [2.24, 2.45) is 0 Å². The Morgan fingerprint density at radius 1 is 1.22 bits per heavy atom. The molecule has 0 amide bonds. The van der Waals surface area contributed by atoms with E-state index in [2.05, 4.69) is 20.6 Å². The second-order valence-corrected chi connectivity index (χ2v) is 3.47. The Labute approximate surface area is 103 Å². The minimum absolute atomic E-state index is 0.222. The molecule has 0 saturated heterocycles. The number of benzene rings is 1. The minimum atomic E-state index is -0.448. The summed E-state index contributed by atoms with van der Waals surface area (Å²) in [6.45, 7) is 0. The third-order valence-corrected chi connectivity index (χ3v) is 2.29. The number of nitrogens with zero attached hydrogens (tertiary/aromatic N) is 3. The van der Waals surface area contributed by atoms with E-state index in [9.17, 15) is 4.39 Å². The van der Waals surface area contributed by atoms with Gasteiger partial charge < -0.3 is 10.6 Å². The highest BCUT2D eigenvalue weighted by molar-refractivity contribution is 5.65. The van der Waals surface area contributed by atoms with Crippen LogP contribution in [0.2, 0.25) is 0 Å². The van der Waals surface area contributed by atoms with E-state index in [-0.39, 0.29) is 5.56 Å². The molecule has 2 rings (SSSR count). The summed E-state index contributed by atoms with van der Waals surface area (Å²) in [6.07, 6.45) is 1.39. The Morgan fingerprint density at radius 3 is 2.72 bits per heavy atom. The summed E-state index contributed by atoms with van der Waals surface area (Å²) < 4.78 is 13.0. The van der Waals surface area contributed by atoms with E-state index < -0.39 is 5.82 Å². The topological polar surface area (TPSA) is 73.6 Å². The molecular weight excluding hydrogens is 233 g/mol. The fraction of sp³-hybridized carbons (Fsp3) is 0.0833. The summed E-state index contributed by atoms with van der Waals surface area (Å²) in [5.74, 6) is 0.723. The quantitative estimate of drug-likeness (QED) is 0.865. The predicted octanol–water partition coefficient (Wildman–Crippen LogP) is 2.27. The first-order valence-corrected chi connectivity index (χ1v) is 5.19. The fourth-order valence-corrected chi connectivity index (χ4v) is 1.42. The zero-order chi connectivity index (χ0) is 13.0. The number of hydrogen-bond donors (Lipinski definition) is 2. The second kappa shape index (κ2) is 5.10. The molecule has 1 heterocycles. The predicted molar refractivity (Wildman–Crippen MR) is 66.0 cm³/mol. The van der Waals surface area contributed by atoms with Gasteiger partial charge in [-0.1, -0.05) is 0 Å². The first-order valence-electron chi connectivity index (χ1n) is 5.19. The molecule has 0 radical (unpaired) electrons. The average Bonchev–Trinajstić information content (AvgIpc) is 2.41. The number of anilines is 3. The number of aromatic nitrogens is 2. The first-order chi connectivity index (χ1) is 8.72. The van der Waals surface area contributed by atoms with E-state index in [4.69, 9.17) is 5.26 Å². The van der Waals surface area contributed by atoms with E-state index >= 15 is 0 Å². The summed E-state index contributed by atoms with van der Waals surface area (Å²) in [4.78, 5) is 7.98. The fourth-order valence-electron chi connectivity index (χ4n) is 1.42. The van der Waals surface area contributed by atoms with Gasteiger partial charge in [0.05, 0.1) is 11.3 Å². The number of hydrogen-bond acceptors (Lipinski definition) is 5. The van der Waals surface area contributed by atoms with Crippen LogP contribution in [0.3, 0.4) is 0 Å². The largest absolute Gasteiger partial charge is 0.373 e. The molecule has 2 N–H and O–H groups in total. The zero-order valence-corrected chi connectivity index (χ0v) is 9.61. The second-order valence-electron chi connectivity index (χ2n) is 3.47. The lowest BCUT2D eigenvalue weighted by atomic mass is 10.2. The van der Waals surface area contributed by atoms with E-state index in [1.54, 1.807) is 13.1 Å². The Bertz CT molecular complexity index is 606. The summed E-state index contributed by atoms with van der Waals surface area (Å²) >= 11 is 0. The van der Waals surface area contributed by atoms with Crippen LogP contribution in [0.15, 0.2) is 30.6 Å². The van der Waals surface area contributed by atoms with Crippen LogP contribution in [-0.4, -0.2) is 17.0 Å². The number of nitrogens with one attached hydrogen (secondary N) is 2. The molecule has 2 aromatic rings. The van der Waals surface area contributed by atoms with Gasteiger partial charge in [0.2, 0.25) is 0 Å². The van der Waals surface area contributed by atoms with Crippen molar-refractivity contribution < 1.29 is 4.39 Å². The molecule has 0 aliphatic carbocycles. The van der Waals surface area contributed by atoms with Crippen molar-refractivity contribution in [3.63, 3.8) is 0 Å². The van der Waals surface area contributed by atoms with Gasteiger partial charge >= 0.3 is 0 Å². The average molecular weight is 243 g/mol. The summed E-state index contributed by atoms with van der Waals surface area (Å²) in [7, 11) is 1.74. The molecule has 0 unspecified atom stereocenters. The Balaban J connectivity index is 2.31. The Morgan fingerprint density at radius 2 is 2.00 bits per heavy atom. The highest BCUT2D eigenvalue weighted by Crippen LogP contribution is 2.20. The van der Waals surface area contributed by atoms with Gasteiger partial charge in [-0.2, -0.15) is 5.26 Å². The summed E-state index contributed by atoms with van der Waals surface area (Å²) in [6, 6.07) is 7.55. The number of halogens is 1. The van der Waals surface area contributed by atoms with E-state index in [1.165, 1.54) is 24.5 Å². The van der Waals surface area contributed by atoms with Crippen molar-refractivity contribution in [2.75, 3.05) is 17.7 Å². The number of nitriles is 1. The van der Waals surface area contributed by atoms with Gasteiger partial charge in [0, 0.05) is 13.1 Å². The third kappa shape index (κ3) is 2.52.